The van der Waals surface area contributed by atoms with Gasteiger partial charge in [-0.25, -0.2) is 0 Å². The van der Waals surface area contributed by atoms with Crippen molar-refractivity contribution in [2.24, 2.45) is 11.3 Å². The van der Waals surface area contributed by atoms with Gasteiger partial charge in [0, 0.05) is 0 Å². The molecule has 0 saturated heterocycles. The molecule has 0 spiro atoms. The van der Waals surface area contributed by atoms with E-state index in [0.717, 1.165) is 25.7 Å². The van der Waals surface area contributed by atoms with Gasteiger partial charge in [0.15, 0.2) is 0 Å². The Balaban J connectivity index is 4.13. The first-order chi connectivity index (χ1) is 5.94. The summed E-state index contributed by atoms with van der Waals surface area (Å²) in [6.45, 7) is 7.91. The summed E-state index contributed by atoms with van der Waals surface area (Å²) in [7, 11) is 0. The second-order valence-corrected chi connectivity index (χ2v) is 4.46. The smallest absolute Gasteiger partial charge is 0.309 e. The Morgan fingerprint density at radius 2 is 1.92 bits per heavy atom. The van der Waals surface area contributed by atoms with Crippen LogP contribution in [0.3, 0.4) is 0 Å². The van der Waals surface area contributed by atoms with Gasteiger partial charge in [-0.15, -0.1) is 0 Å². The number of carbonyl (C=O) groups is 1. The van der Waals surface area contributed by atoms with Gasteiger partial charge in [0.2, 0.25) is 0 Å². The number of rotatable bonds is 6. The molecule has 0 rings (SSSR count). The zero-order chi connectivity index (χ0) is 10.5. The third-order valence-electron chi connectivity index (χ3n) is 2.65. The number of hydrogen-bond acceptors (Lipinski definition) is 1. The summed E-state index contributed by atoms with van der Waals surface area (Å²) in [5.74, 6) is -0.113. The molecule has 2 heteroatoms. The van der Waals surface area contributed by atoms with E-state index in [0.29, 0.717) is 5.92 Å². The van der Waals surface area contributed by atoms with E-state index in [4.69, 9.17) is 5.11 Å². The lowest BCUT2D eigenvalue weighted by Gasteiger charge is -2.24. The van der Waals surface area contributed by atoms with Crippen molar-refractivity contribution in [2.75, 3.05) is 0 Å². The van der Waals surface area contributed by atoms with Crippen LogP contribution in [0.1, 0.15) is 53.4 Å². The highest BCUT2D eigenvalue weighted by Crippen LogP contribution is 2.29. The SMILES string of the molecule is CCCC(CC)CC(C)(C)C(=O)O. The first-order valence-electron chi connectivity index (χ1n) is 5.17. The molecule has 0 aliphatic heterocycles. The average Bonchev–Trinajstić information content (AvgIpc) is 2.03. The Labute approximate surface area is 81.3 Å². The highest BCUT2D eigenvalue weighted by atomic mass is 16.4. The number of carboxylic acid groups (broad SMARTS) is 1. The van der Waals surface area contributed by atoms with E-state index in [1.165, 1.54) is 0 Å². The van der Waals surface area contributed by atoms with Gasteiger partial charge in [-0.2, -0.15) is 0 Å². The van der Waals surface area contributed by atoms with Gasteiger partial charge >= 0.3 is 5.97 Å². The second kappa shape index (κ2) is 5.25. The molecule has 1 atom stereocenters. The second-order valence-electron chi connectivity index (χ2n) is 4.46. The van der Waals surface area contributed by atoms with Crippen LogP contribution in [-0.4, -0.2) is 11.1 Å². The minimum absolute atomic E-state index is 0.560. The summed E-state index contributed by atoms with van der Waals surface area (Å²) < 4.78 is 0. The molecule has 0 fully saturated rings. The van der Waals surface area contributed by atoms with E-state index in [-0.39, 0.29) is 0 Å². The van der Waals surface area contributed by atoms with Crippen molar-refractivity contribution in [3.63, 3.8) is 0 Å². The zero-order valence-electron chi connectivity index (χ0n) is 9.26. The maximum atomic E-state index is 10.9. The molecule has 0 amide bonds. The summed E-state index contributed by atoms with van der Waals surface area (Å²) in [6.07, 6.45) is 4.18. The van der Waals surface area contributed by atoms with E-state index in [1.54, 1.807) is 0 Å². The molecule has 1 unspecified atom stereocenters. The summed E-state index contributed by atoms with van der Waals surface area (Å²) in [4.78, 5) is 10.9. The van der Waals surface area contributed by atoms with Crippen molar-refractivity contribution in [1.82, 2.24) is 0 Å². The van der Waals surface area contributed by atoms with Crippen LogP contribution in [-0.2, 0) is 4.79 Å². The van der Waals surface area contributed by atoms with Crippen LogP contribution in [0.2, 0.25) is 0 Å². The lowest BCUT2D eigenvalue weighted by molar-refractivity contribution is -0.148. The van der Waals surface area contributed by atoms with Crippen molar-refractivity contribution in [3.05, 3.63) is 0 Å². The summed E-state index contributed by atoms with van der Waals surface area (Å²) >= 11 is 0. The summed E-state index contributed by atoms with van der Waals surface area (Å²) in [6, 6.07) is 0. The maximum Gasteiger partial charge on any atom is 0.309 e. The fourth-order valence-corrected chi connectivity index (χ4v) is 1.67. The largest absolute Gasteiger partial charge is 0.481 e. The van der Waals surface area contributed by atoms with Gasteiger partial charge in [-0.05, 0) is 26.2 Å². The molecule has 0 heterocycles. The molecule has 0 radical (unpaired) electrons. The Morgan fingerprint density at radius 1 is 1.38 bits per heavy atom. The molecule has 78 valence electrons. The number of hydrogen-bond donors (Lipinski definition) is 1. The molecule has 1 N–H and O–H groups in total. The minimum atomic E-state index is -0.679. The van der Waals surface area contributed by atoms with Crippen molar-refractivity contribution < 1.29 is 9.90 Å². The molecular weight excluding hydrogens is 164 g/mol. The van der Waals surface area contributed by atoms with Gasteiger partial charge in [0.1, 0.15) is 0 Å². The summed E-state index contributed by atoms with van der Waals surface area (Å²) in [5.41, 5.74) is -0.560. The molecule has 13 heavy (non-hydrogen) atoms. The highest BCUT2D eigenvalue weighted by Gasteiger charge is 2.29. The molecule has 0 aliphatic carbocycles. The quantitative estimate of drug-likeness (QED) is 0.691. The van der Waals surface area contributed by atoms with Gasteiger partial charge in [-0.1, -0.05) is 33.1 Å². The molecule has 0 aromatic rings. The fraction of sp³-hybridized carbons (Fsp3) is 0.909. The zero-order valence-corrected chi connectivity index (χ0v) is 9.26. The van der Waals surface area contributed by atoms with Gasteiger partial charge in [-0.3, -0.25) is 4.79 Å². The van der Waals surface area contributed by atoms with Crippen LogP contribution in [0.5, 0.6) is 0 Å². The first-order valence-corrected chi connectivity index (χ1v) is 5.17. The third kappa shape index (κ3) is 4.30. The van der Waals surface area contributed by atoms with Gasteiger partial charge in [0.25, 0.3) is 0 Å². The van der Waals surface area contributed by atoms with E-state index in [2.05, 4.69) is 13.8 Å². The Kier molecular flexibility index (Phi) is 5.04. The van der Waals surface area contributed by atoms with Crippen molar-refractivity contribution in [1.29, 1.82) is 0 Å². The Bertz CT molecular complexity index is 161. The molecule has 0 saturated carbocycles. The van der Waals surface area contributed by atoms with Crippen molar-refractivity contribution >= 4 is 5.97 Å². The number of aliphatic carboxylic acids is 1. The monoisotopic (exact) mass is 186 g/mol. The summed E-state index contributed by atoms with van der Waals surface area (Å²) in [5, 5.41) is 8.95. The molecule has 0 aromatic heterocycles. The van der Waals surface area contributed by atoms with Crippen LogP contribution in [0.15, 0.2) is 0 Å². The molecule has 0 aliphatic rings. The molecule has 0 bridgehead atoms. The number of carboxylic acids is 1. The Morgan fingerprint density at radius 3 is 2.23 bits per heavy atom. The van der Waals surface area contributed by atoms with Crippen LogP contribution in [0, 0.1) is 11.3 Å². The molecular formula is C11H22O2. The standard InChI is InChI=1S/C11H22O2/c1-5-7-9(6-2)8-11(3,4)10(12)13/h9H,5-8H2,1-4H3,(H,12,13). The highest BCUT2D eigenvalue weighted by molar-refractivity contribution is 5.73. The van der Waals surface area contributed by atoms with E-state index in [1.807, 2.05) is 13.8 Å². The van der Waals surface area contributed by atoms with E-state index >= 15 is 0 Å². The lowest BCUT2D eigenvalue weighted by atomic mass is 9.80. The Hall–Kier alpha value is -0.530. The predicted octanol–water partition coefficient (Wildman–Crippen LogP) is 3.31. The van der Waals surface area contributed by atoms with Gasteiger partial charge < -0.3 is 5.11 Å². The first kappa shape index (κ1) is 12.5. The minimum Gasteiger partial charge on any atom is -0.481 e. The van der Waals surface area contributed by atoms with Crippen molar-refractivity contribution in [3.8, 4) is 0 Å². The predicted molar refractivity (Wildman–Crippen MR) is 54.7 cm³/mol. The van der Waals surface area contributed by atoms with E-state index in [9.17, 15) is 4.79 Å². The lowest BCUT2D eigenvalue weighted by Crippen LogP contribution is -2.26. The normalized spacial score (nSPS) is 14.2. The maximum absolute atomic E-state index is 10.9. The fourth-order valence-electron chi connectivity index (χ4n) is 1.67. The van der Waals surface area contributed by atoms with Gasteiger partial charge in [0.05, 0.1) is 5.41 Å². The third-order valence-corrected chi connectivity index (χ3v) is 2.65. The van der Waals surface area contributed by atoms with Crippen molar-refractivity contribution in [2.45, 2.75) is 53.4 Å². The average molecular weight is 186 g/mol. The van der Waals surface area contributed by atoms with E-state index < -0.39 is 11.4 Å². The molecule has 0 aromatic carbocycles. The van der Waals surface area contributed by atoms with Crippen LogP contribution < -0.4 is 0 Å². The van der Waals surface area contributed by atoms with Crippen LogP contribution in [0.4, 0.5) is 0 Å². The topological polar surface area (TPSA) is 37.3 Å². The van der Waals surface area contributed by atoms with Crippen LogP contribution in [0.25, 0.3) is 0 Å². The van der Waals surface area contributed by atoms with Crippen LogP contribution >= 0.6 is 0 Å². The molecule has 2 nitrogen and oxygen atoms in total.